The predicted octanol–water partition coefficient (Wildman–Crippen LogP) is 5.82. The van der Waals surface area contributed by atoms with E-state index in [1.807, 2.05) is 41.3 Å². The van der Waals surface area contributed by atoms with Crippen molar-refractivity contribution in [2.24, 2.45) is 23.2 Å². The van der Waals surface area contributed by atoms with Gasteiger partial charge < -0.3 is 10.2 Å². The van der Waals surface area contributed by atoms with Gasteiger partial charge in [0.05, 0.1) is 18.2 Å². The molecule has 4 fully saturated rings. The number of carbonyl (C=O) groups excluding carboxylic acids is 1. The van der Waals surface area contributed by atoms with E-state index in [1.165, 1.54) is 44.1 Å². The third-order valence-corrected chi connectivity index (χ3v) is 9.63. The zero-order valence-electron chi connectivity index (χ0n) is 21.5. The highest BCUT2D eigenvalue weighted by Gasteiger charge is 2.50. The number of hydrogen-bond acceptors (Lipinski definition) is 4. The number of nitrogens with zero attached hydrogens (tertiary/aromatic N) is 3. The summed E-state index contributed by atoms with van der Waals surface area (Å²) in [5, 5.41) is 3.79. The van der Waals surface area contributed by atoms with Crippen LogP contribution in [0.1, 0.15) is 66.8 Å². The van der Waals surface area contributed by atoms with Gasteiger partial charge in [0.25, 0.3) is 0 Å². The molecule has 1 N–H and O–H groups in total. The van der Waals surface area contributed by atoms with Gasteiger partial charge in [0.2, 0.25) is 5.91 Å². The van der Waals surface area contributed by atoms with Crippen LogP contribution in [0, 0.1) is 23.2 Å². The lowest BCUT2D eigenvalue weighted by Gasteiger charge is -2.57. The van der Waals surface area contributed by atoms with Crippen LogP contribution in [0.5, 0.6) is 0 Å². The second-order valence-electron chi connectivity index (χ2n) is 12.2. The smallest absolute Gasteiger partial charge is 0.234 e. The summed E-state index contributed by atoms with van der Waals surface area (Å²) in [6.45, 7) is 2.27. The third-order valence-electron chi connectivity index (χ3n) is 9.63. The number of carbonyl (C=O) groups is 1. The van der Waals surface area contributed by atoms with E-state index in [9.17, 15) is 4.79 Å². The number of aromatic nitrogens is 2. The molecule has 0 atom stereocenters. The van der Waals surface area contributed by atoms with Crippen LogP contribution in [0.2, 0.25) is 0 Å². The van der Waals surface area contributed by atoms with Crippen LogP contribution >= 0.6 is 0 Å². The number of nitrogens with one attached hydrogen (secondary N) is 1. The molecule has 5 aliphatic rings. The largest absolute Gasteiger partial charge is 0.369 e. The van der Waals surface area contributed by atoms with E-state index in [-0.39, 0.29) is 11.8 Å². The molecule has 1 aromatic heterocycles. The Hall–Kier alpha value is -3.21. The van der Waals surface area contributed by atoms with Crippen molar-refractivity contribution >= 4 is 11.7 Å². The average molecular weight is 493 g/mol. The minimum Gasteiger partial charge on any atom is -0.369 e. The number of hydrogen-bond donors (Lipinski definition) is 1. The Labute approximate surface area is 219 Å². The maximum Gasteiger partial charge on any atom is 0.234 e. The number of fused-ring (bicyclic) bond motifs is 1. The quantitative estimate of drug-likeness (QED) is 0.471. The van der Waals surface area contributed by atoms with Gasteiger partial charge in [0, 0.05) is 18.7 Å². The summed E-state index contributed by atoms with van der Waals surface area (Å²) in [7, 11) is 0. The molecule has 5 nitrogen and oxygen atoms in total. The van der Waals surface area contributed by atoms with Crippen LogP contribution in [0.3, 0.4) is 0 Å². The molecule has 4 saturated carbocycles. The molecule has 0 spiro atoms. The zero-order chi connectivity index (χ0) is 24.8. The molecular weight excluding hydrogens is 456 g/mol. The van der Waals surface area contributed by atoms with E-state index in [4.69, 9.17) is 0 Å². The van der Waals surface area contributed by atoms with Crippen molar-refractivity contribution in [1.29, 1.82) is 0 Å². The van der Waals surface area contributed by atoms with Gasteiger partial charge in [-0.1, -0.05) is 60.7 Å². The molecule has 0 radical (unpaired) electrons. The van der Waals surface area contributed by atoms with E-state index >= 15 is 0 Å². The van der Waals surface area contributed by atoms with Crippen molar-refractivity contribution < 1.29 is 4.79 Å². The molecule has 1 aliphatic heterocycles. The standard InChI is InChI=1S/C32H36N4O/c37-31(29(25-7-3-1-4-8-25)26-9-5-2-6-10-26)36-12-11-27-28(19-36)34-21-35-30(27)33-20-32-16-22-13-23(17-32)15-24(14-22)18-32/h1-10,21-24,29H,11-20H2,(H,33,34,35). The normalized spacial score (nSPS) is 27.8. The molecule has 190 valence electrons. The van der Waals surface area contributed by atoms with Crippen molar-refractivity contribution in [3.05, 3.63) is 89.4 Å². The Morgan fingerprint density at radius 2 is 1.49 bits per heavy atom. The SMILES string of the molecule is O=C(C(c1ccccc1)c1ccccc1)N1CCc2c(ncnc2NCC23CC4CC(CC(C4)C2)C3)C1. The average Bonchev–Trinajstić information content (AvgIpc) is 2.92. The Bertz CT molecular complexity index is 1200. The van der Waals surface area contributed by atoms with E-state index in [0.717, 1.165) is 53.4 Å². The highest BCUT2D eigenvalue weighted by molar-refractivity contribution is 5.87. The molecule has 3 aromatic rings. The summed E-state index contributed by atoms with van der Waals surface area (Å²) in [6.07, 6.45) is 11.1. The fourth-order valence-corrected chi connectivity index (χ4v) is 8.42. The van der Waals surface area contributed by atoms with Crippen LogP contribution in [0.25, 0.3) is 0 Å². The number of rotatable bonds is 6. The van der Waals surface area contributed by atoms with Crippen LogP contribution in [-0.2, 0) is 17.8 Å². The summed E-state index contributed by atoms with van der Waals surface area (Å²) < 4.78 is 0. The first-order valence-corrected chi connectivity index (χ1v) is 14.1. The molecule has 37 heavy (non-hydrogen) atoms. The molecule has 1 amide bonds. The number of benzene rings is 2. The van der Waals surface area contributed by atoms with Gasteiger partial charge >= 0.3 is 0 Å². The van der Waals surface area contributed by atoms with Gasteiger partial charge in [-0.05, 0) is 79.2 Å². The second-order valence-corrected chi connectivity index (χ2v) is 12.2. The Kier molecular flexibility index (Phi) is 5.75. The number of anilines is 1. The van der Waals surface area contributed by atoms with Gasteiger partial charge in [0.15, 0.2) is 0 Å². The zero-order valence-corrected chi connectivity index (χ0v) is 21.5. The lowest BCUT2D eigenvalue weighted by molar-refractivity contribution is -0.132. The Morgan fingerprint density at radius 3 is 2.08 bits per heavy atom. The van der Waals surface area contributed by atoms with Crippen molar-refractivity contribution in [3.63, 3.8) is 0 Å². The van der Waals surface area contributed by atoms with E-state index in [2.05, 4.69) is 39.6 Å². The topological polar surface area (TPSA) is 58.1 Å². The maximum atomic E-state index is 13.9. The van der Waals surface area contributed by atoms with Gasteiger partial charge in [-0.3, -0.25) is 4.79 Å². The summed E-state index contributed by atoms with van der Waals surface area (Å²) >= 11 is 0. The Morgan fingerprint density at radius 1 is 0.892 bits per heavy atom. The molecule has 2 heterocycles. The van der Waals surface area contributed by atoms with Crippen LogP contribution < -0.4 is 5.32 Å². The number of amides is 1. The first-order chi connectivity index (χ1) is 18.2. The summed E-state index contributed by atoms with van der Waals surface area (Å²) in [5.74, 6) is 3.69. The summed E-state index contributed by atoms with van der Waals surface area (Å²) in [6, 6.07) is 20.3. The van der Waals surface area contributed by atoms with Crippen LogP contribution in [0.15, 0.2) is 67.0 Å². The molecule has 8 rings (SSSR count). The molecule has 4 bridgehead atoms. The van der Waals surface area contributed by atoms with Gasteiger partial charge in [-0.15, -0.1) is 0 Å². The van der Waals surface area contributed by atoms with Crippen LogP contribution in [0.4, 0.5) is 5.82 Å². The monoisotopic (exact) mass is 492 g/mol. The predicted molar refractivity (Wildman–Crippen MR) is 145 cm³/mol. The summed E-state index contributed by atoms with van der Waals surface area (Å²) in [5.41, 5.74) is 4.71. The fraction of sp³-hybridized carbons (Fsp3) is 0.469. The third kappa shape index (κ3) is 4.32. The molecule has 0 saturated heterocycles. The van der Waals surface area contributed by atoms with Crippen molar-refractivity contribution in [3.8, 4) is 0 Å². The van der Waals surface area contributed by atoms with Gasteiger partial charge in [0.1, 0.15) is 12.1 Å². The van der Waals surface area contributed by atoms with Crippen molar-refractivity contribution in [1.82, 2.24) is 14.9 Å². The highest BCUT2D eigenvalue weighted by Crippen LogP contribution is 2.60. The van der Waals surface area contributed by atoms with E-state index in [1.54, 1.807) is 6.33 Å². The van der Waals surface area contributed by atoms with E-state index in [0.29, 0.717) is 18.5 Å². The van der Waals surface area contributed by atoms with Crippen molar-refractivity contribution in [2.75, 3.05) is 18.4 Å². The first-order valence-electron chi connectivity index (χ1n) is 14.1. The fourth-order valence-electron chi connectivity index (χ4n) is 8.42. The van der Waals surface area contributed by atoms with Crippen molar-refractivity contribution in [2.45, 2.75) is 57.4 Å². The molecule has 5 heteroatoms. The minimum atomic E-state index is -0.306. The van der Waals surface area contributed by atoms with Crippen LogP contribution in [-0.4, -0.2) is 33.9 Å². The minimum absolute atomic E-state index is 0.143. The lowest BCUT2D eigenvalue weighted by Crippen LogP contribution is -2.49. The molecule has 0 unspecified atom stereocenters. The van der Waals surface area contributed by atoms with Gasteiger partial charge in [-0.2, -0.15) is 0 Å². The van der Waals surface area contributed by atoms with Gasteiger partial charge in [-0.25, -0.2) is 9.97 Å². The lowest BCUT2D eigenvalue weighted by atomic mass is 9.49. The molecule has 4 aliphatic carbocycles. The second kappa shape index (κ2) is 9.27. The Balaban J connectivity index is 1.09. The molecular formula is C32H36N4O. The molecule has 2 aromatic carbocycles. The first kappa shape index (κ1) is 22.9. The van der Waals surface area contributed by atoms with E-state index < -0.39 is 0 Å². The highest BCUT2D eigenvalue weighted by atomic mass is 16.2. The maximum absolute atomic E-state index is 13.9. The summed E-state index contributed by atoms with van der Waals surface area (Å²) in [4.78, 5) is 25.3.